The highest BCUT2D eigenvalue weighted by atomic mass is 16.5. The topological polar surface area (TPSA) is 109 Å². The second kappa shape index (κ2) is 8.30. The quantitative estimate of drug-likeness (QED) is 0.566. The number of rotatable bonds is 6. The summed E-state index contributed by atoms with van der Waals surface area (Å²) in [6, 6.07) is 19.5. The third kappa shape index (κ3) is 3.75. The maximum Gasteiger partial charge on any atom is 0.407 e. The minimum absolute atomic E-state index is 0.0200. The number of nitrogens with zero attached hydrogens (tertiary/aromatic N) is 1. The van der Waals surface area contributed by atoms with Crippen molar-refractivity contribution in [3.05, 3.63) is 83.3 Å². The number of aliphatic carboxylic acids is 1. The SMILES string of the molecule is O=C(NCc1ccc(C(=O)N2C[C@@H]3C(C(=O)O)[C@@H]3C2)o1)OCC1c2ccccc2-c2ccccc21. The average Bonchev–Trinajstić information content (AvgIpc) is 3.23. The lowest BCUT2D eigenvalue weighted by Crippen LogP contribution is -2.32. The Kier molecular flexibility index (Phi) is 5.09. The van der Waals surface area contributed by atoms with Gasteiger partial charge < -0.3 is 24.5 Å². The molecular formula is C27H24N2O6. The lowest BCUT2D eigenvalue weighted by Gasteiger charge is -2.17. The summed E-state index contributed by atoms with van der Waals surface area (Å²) in [4.78, 5) is 37.8. The number of hydrogen-bond acceptors (Lipinski definition) is 5. The summed E-state index contributed by atoms with van der Waals surface area (Å²) in [7, 11) is 0. The smallest absolute Gasteiger partial charge is 0.407 e. The largest absolute Gasteiger partial charge is 0.481 e. The van der Waals surface area contributed by atoms with Crippen LogP contribution in [0.1, 0.15) is 33.4 Å². The number of alkyl carbamates (subject to hydrolysis) is 1. The summed E-state index contributed by atoms with van der Waals surface area (Å²) >= 11 is 0. The summed E-state index contributed by atoms with van der Waals surface area (Å²) in [5.41, 5.74) is 4.62. The highest BCUT2D eigenvalue weighted by Gasteiger charge is 2.60. The molecular weight excluding hydrogens is 448 g/mol. The molecule has 8 nitrogen and oxygen atoms in total. The Morgan fingerprint density at radius 3 is 2.20 bits per heavy atom. The zero-order valence-electron chi connectivity index (χ0n) is 18.8. The van der Waals surface area contributed by atoms with Crippen molar-refractivity contribution < 1.29 is 28.6 Å². The third-order valence-electron chi connectivity index (χ3n) is 7.39. The predicted octanol–water partition coefficient (Wildman–Crippen LogP) is 3.72. The normalized spacial score (nSPS) is 21.7. The molecule has 3 aromatic rings. The summed E-state index contributed by atoms with van der Waals surface area (Å²) in [5.74, 6) is -0.680. The zero-order valence-corrected chi connectivity index (χ0v) is 18.8. The number of carboxylic acid groups (broad SMARTS) is 1. The van der Waals surface area contributed by atoms with Gasteiger partial charge in [0.15, 0.2) is 5.76 Å². The molecule has 1 aliphatic heterocycles. The van der Waals surface area contributed by atoms with Crippen molar-refractivity contribution in [2.45, 2.75) is 12.5 Å². The van der Waals surface area contributed by atoms with E-state index in [-0.39, 0.29) is 48.5 Å². The summed E-state index contributed by atoms with van der Waals surface area (Å²) in [6.45, 7) is 1.19. The molecule has 2 heterocycles. The Balaban J connectivity index is 1.02. The lowest BCUT2D eigenvalue weighted by atomic mass is 9.98. The van der Waals surface area contributed by atoms with E-state index in [1.54, 1.807) is 17.0 Å². The van der Waals surface area contributed by atoms with E-state index in [9.17, 15) is 14.4 Å². The molecule has 1 aromatic heterocycles. The third-order valence-corrected chi connectivity index (χ3v) is 7.39. The van der Waals surface area contributed by atoms with Gasteiger partial charge in [-0.3, -0.25) is 9.59 Å². The molecule has 0 bridgehead atoms. The number of ether oxygens (including phenoxy) is 1. The van der Waals surface area contributed by atoms with Crippen molar-refractivity contribution in [1.82, 2.24) is 10.2 Å². The zero-order chi connectivity index (χ0) is 24.1. The number of fused-ring (bicyclic) bond motifs is 4. The maximum atomic E-state index is 12.7. The summed E-state index contributed by atoms with van der Waals surface area (Å²) in [6.07, 6.45) is -0.560. The number of carbonyl (C=O) groups is 3. The first-order valence-corrected chi connectivity index (χ1v) is 11.7. The van der Waals surface area contributed by atoms with Crippen LogP contribution in [0.15, 0.2) is 65.1 Å². The second-order valence-corrected chi connectivity index (χ2v) is 9.35. The van der Waals surface area contributed by atoms with Gasteiger partial charge in [-0.1, -0.05) is 48.5 Å². The van der Waals surface area contributed by atoms with Crippen molar-refractivity contribution in [1.29, 1.82) is 0 Å². The van der Waals surface area contributed by atoms with E-state index < -0.39 is 12.1 Å². The number of benzene rings is 2. The minimum atomic E-state index is -0.785. The van der Waals surface area contributed by atoms with Gasteiger partial charge in [0.1, 0.15) is 12.4 Å². The molecule has 0 radical (unpaired) electrons. The van der Waals surface area contributed by atoms with Gasteiger partial charge in [-0.2, -0.15) is 0 Å². The molecule has 3 aliphatic rings. The fraction of sp³-hybridized carbons (Fsp3) is 0.296. The van der Waals surface area contributed by atoms with Gasteiger partial charge in [0.2, 0.25) is 0 Å². The Morgan fingerprint density at radius 1 is 0.943 bits per heavy atom. The fourth-order valence-corrected chi connectivity index (χ4v) is 5.61. The van der Waals surface area contributed by atoms with E-state index in [2.05, 4.69) is 29.6 Å². The van der Waals surface area contributed by atoms with Gasteiger partial charge >= 0.3 is 12.1 Å². The Bertz CT molecular complexity index is 1270. The van der Waals surface area contributed by atoms with Crippen LogP contribution >= 0.6 is 0 Å². The van der Waals surface area contributed by atoms with Crippen LogP contribution in [0.5, 0.6) is 0 Å². The first-order valence-electron chi connectivity index (χ1n) is 11.7. The number of furan rings is 1. The molecule has 6 rings (SSSR count). The van der Waals surface area contributed by atoms with Crippen molar-refractivity contribution >= 4 is 18.0 Å². The Morgan fingerprint density at radius 2 is 1.57 bits per heavy atom. The molecule has 3 atom stereocenters. The second-order valence-electron chi connectivity index (χ2n) is 9.35. The van der Waals surface area contributed by atoms with E-state index in [1.165, 1.54) is 11.1 Å². The van der Waals surface area contributed by atoms with Crippen LogP contribution in [0.4, 0.5) is 4.79 Å². The van der Waals surface area contributed by atoms with Crippen LogP contribution in [-0.4, -0.2) is 47.7 Å². The van der Waals surface area contributed by atoms with Gasteiger partial charge in [0.25, 0.3) is 5.91 Å². The standard InChI is InChI=1S/C27H24N2O6/c30-25(29-12-20-21(13-29)24(20)26(31)32)23-10-9-15(35-23)11-28-27(33)34-14-22-18-7-3-1-5-16(18)17-6-2-4-8-19(17)22/h1-10,20-22,24H,11-14H2,(H,28,33)(H,31,32)/t20-,21+,24?. The molecule has 8 heteroatoms. The Hall–Kier alpha value is -4.07. The Labute approximate surface area is 201 Å². The molecule has 2 N–H and O–H groups in total. The first kappa shape index (κ1) is 21.5. The molecule has 1 saturated heterocycles. The molecule has 35 heavy (non-hydrogen) atoms. The number of likely N-dealkylation sites (tertiary alicyclic amines) is 1. The molecule has 2 fully saturated rings. The van der Waals surface area contributed by atoms with Crippen LogP contribution in [-0.2, 0) is 16.1 Å². The van der Waals surface area contributed by atoms with E-state index in [0.29, 0.717) is 18.8 Å². The lowest BCUT2D eigenvalue weighted by molar-refractivity contribution is -0.139. The number of piperidine rings is 1. The van der Waals surface area contributed by atoms with Gasteiger partial charge in [-0.05, 0) is 46.2 Å². The van der Waals surface area contributed by atoms with Gasteiger partial charge in [-0.15, -0.1) is 0 Å². The van der Waals surface area contributed by atoms with Crippen LogP contribution < -0.4 is 5.32 Å². The molecule has 178 valence electrons. The van der Waals surface area contributed by atoms with Crippen molar-refractivity contribution in [3.8, 4) is 11.1 Å². The maximum absolute atomic E-state index is 12.7. The van der Waals surface area contributed by atoms with Crippen LogP contribution in [0.25, 0.3) is 11.1 Å². The highest BCUT2D eigenvalue weighted by Crippen LogP contribution is 2.52. The molecule has 1 unspecified atom stereocenters. The van der Waals surface area contributed by atoms with E-state index in [1.807, 2.05) is 24.3 Å². The van der Waals surface area contributed by atoms with E-state index in [4.69, 9.17) is 14.3 Å². The highest BCUT2D eigenvalue weighted by molar-refractivity contribution is 5.92. The van der Waals surface area contributed by atoms with Crippen molar-refractivity contribution in [3.63, 3.8) is 0 Å². The number of hydrogen-bond donors (Lipinski definition) is 2. The molecule has 2 aromatic carbocycles. The van der Waals surface area contributed by atoms with Gasteiger partial charge in [0, 0.05) is 19.0 Å². The van der Waals surface area contributed by atoms with Crippen LogP contribution in [0.3, 0.4) is 0 Å². The molecule has 1 saturated carbocycles. The molecule has 2 aliphatic carbocycles. The number of carbonyl (C=O) groups excluding carboxylic acids is 2. The van der Waals surface area contributed by atoms with Crippen LogP contribution in [0.2, 0.25) is 0 Å². The predicted molar refractivity (Wildman–Crippen MR) is 125 cm³/mol. The van der Waals surface area contributed by atoms with Crippen LogP contribution in [0, 0.1) is 17.8 Å². The minimum Gasteiger partial charge on any atom is -0.481 e. The van der Waals surface area contributed by atoms with E-state index >= 15 is 0 Å². The van der Waals surface area contributed by atoms with Crippen molar-refractivity contribution in [2.75, 3.05) is 19.7 Å². The van der Waals surface area contributed by atoms with Crippen molar-refractivity contribution in [2.24, 2.45) is 17.8 Å². The fourth-order valence-electron chi connectivity index (χ4n) is 5.61. The van der Waals surface area contributed by atoms with Gasteiger partial charge in [-0.25, -0.2) is 4.79 Å². The summed E-state index contributed by atoms with van der Waals surface area (Å²) in [5, 5.41) is 11.8. The summed E-state index contributed by atoms with van der Waals surface area (Å²) < 4.78 is 11.2. The molecule has 0 spiro atoms. The number of nitrogens with one attached hydrogen (secondary N) is 1. The van der Waals surface area contributed by atoms with E-state index in [0.717, 1.165) is 11.1 Å². The average molecular weight is 472 g/mol. The first-order chi connectivity index (χ1) is 17.0. The monoisotopic (exact) mass is 472 g/mol. The molecule has 2 amide bonds. The number of amides is 2. The van der Waals surface area contributed by atoms with Gasteiger partial charge in [0.05, 0.1) is 12.5 Å². The number of carboxylic acids is 1.